The summed E-state index contributed by atoms with van der Waals surface area (Å²) in [5, 5.41) is 4.32. The molecule has 2 rings (SSSR count). The molecular weight excluding hydrogens is 238 g/mol. The highest BCUT2D eigenvalue weighted by atomic mass is 32.1. The van der Waals surface area contributed by atoms with E-state index >= 15 is 0 Å². The smallest absolute Gasteiger partial charge is 0.217 e. The molecule has 0 saturated heterocycles. The number of primary amides is 1. The first-order valence-corrected chi connectivity index (χ1v) is 5.82. The van der Waals surface area contributed by atoms with Crippen molar-refractivity contribution in [2.45, 2.75) is 26.3 Å². The highest BCUT2D eigenvalue weighted by Gasteiger charge is 2.12. The summed E-state index contributed by atoms with van der Waals surface area (Å²) in [6, 6.07) is 0. The van der Waals surface area contributed by atoms with Crippen molar-refractivity contribution < 1.29 is 4.79 Å². The topological polar surface area (TPSA) is 81.6 Å². The molecular formula is C10H15N5OS. The number of aromatic nitrogens is 4. The number of amides is 1. The predicted molar refractivity (Wildman–Crippen MR) is 67.1 cm³/mol. The Hall–Kier alpha value is -1.63. The Morgan fingerprint density at radius 1 is 1.59 bits per heavy atom. The standard InChI is InChI=1S/C10H15N5OS/c1-6-8-9(14(2)13-6)15(10(17)12-8)5-3-4-7(11)16/h3-5H2,1-2H3,(H2,11,16)(H,12,17). The van der Waals surface area contributed by atoms with Crippen molar-refractivity contribution in [3.05, 3.63) is 10.5 Å². The summed E-state index contributed by atoms with van der Waals surface area (Å²) in [6.45, 7) is 2.60. The van der Waals surface area contributed by atoms with Crippen molar-refractivity contribution in [3.8, 4) is 0 Å². The number of hydrogen-bond acceptors (Lipinski definition) is 3. The van der Waals surface area contributed by atoms with Crippen molar-refractivity contribution in [1.29, 1.82) is 0 Å². The van der Waals surface area contributed by atoms with Gasteiger partial charge in [0.05, 0.1) is 5.69 Å². The number of nitrogens with two attached hydrogens (primary N) is 1. The van der Waals surface area contributed by atoms with E-state index in [2.05, 4.69) is 10.1 Å². The lowest BCUT2D eigenvalue weighted by atomic mass is 10.3. The van der Waals surface area contributed by atoms with Crippen LogP contribution >= 0.6 is 12.2 Å². The minimum absolute atomic E-state index is 0.288. The first kappa shape index (κ1) is 11.8. The van der Waals surface area contributed by atoms with Gasteiger partial charge in [0.2, 0.25) is 5.91 Å². The van der Waals surface area contributed by atoms with Gasteiger partial charge in [-0.1, -0.05) is 0 Å². The van der Waals surface area contributed by atoms with Gasteiger partial charge in [-0.05, 0) is 25.6 Å². The van der Waals surface area contributed by atoms with Crippen molar-refractivity contribution >= 4 is 29.3 Å². The third kappa shape index (κ3) is 2.10. The molecule has 0 aliphatic carbocycles. The lowest BCUT2D eigenvalue weighted by molar-refractivity contribution is -0.118. The van der Waals surface area contributed by atoms with E-state index in [1.807, 2.05) is 18.5 Å². The molecule has 0 fully saturated rings. The number of fused-ring (bicyclic) bond motifs is 1. The number of nitrogens with one attached hydrogen (secondary N) is 1. The Morgan fingerprint density at radius 2 is 2.29 bits per heavy atom. The van der Waals surface area contributed by atoms with Gasteiger partial charge in [0.1, 0.15) is 5.52 Å². The van der Waals surface area contributed by atoms with E-state index in [0.29, 0.717) is 24.2 Å². The zero-order valence-electron chi connectivity index (χ0n) is 9.86. The fourth-order valence-electron chi connectivity index (χ4n) is 1.99. The number of carbonyl (C=O) groups is 1. The van der Waals surface area contributed by atoms with Gasteiger partial charge in [0.15, 0.2) is 10.4 Å². The lowest BCUT2D eigenvalue weighted by Crippen LogP contribution is -2.12. The first-order chi connectivity index (χ1) is 8.00. The third-order valence-electron chi connectivity index (χ3n) is 2.73. The van der Waals surface area contributed by atoms with Crippen LogP contribution in [0.25, 0.3) is 11.2 Å². The van der Waals surface area contributed by atoms with Gasteiger partial charge < -0.3 is 15.3 Å². The number of nitrogens with zero attached hydrogens (tertiary/aromatic N) is 3. The Kier molecular flexibility index (Phi) is 3.01. The van der Waals surface area contributed by atoms with E-state index in [1.165, 1.54) is 0 Å². The number of aromatic amines is 1. The van der Waals surface area contributed by atoms with Crippen LogP contribution in [0.1, 0.15) is 18.5 Å². The molecule has 1 amide bonds. The maximum absolute atomic E-state index is 10.7. The van der Waals surface area contributed by atoms with Crippen LogP contribution < -0.4 is 5.73 Å². The zero-order valence-corrected chi connectivity index (χ0v) is 10.7. The van der Waals surface area contributed by atoms with Crippen LogP contribution in [0.2, 0.25) is 0 Å². The number of aryl methyl sites for hydroxylation is 3. The molecule has 0 radical (unpaired) electrons. The van der Waals surface area contributed by atoms with E-state index in [0.717, 1.165) is 16.9 Å². The molecule has 6 nitrogen and oxygen atoms in total. The molecule has 0 saturated carbocycles. The second kappa shape index (κ2) is 4.33. The quantitative estimate of drug-likeness (QED) is 0.798. The SMILES string of the molecule is Cc1nn(C)c2c1[nH]c(=S)n2CCCC(N)=O. The summed E-state index contributed by atoms with van der Waals surface area (Å²) in [4.78, 5) is 13.8. The zero-order chi connectivity index (χ0) is 12.6. The third-order valence-corrected chi connectivity index (χ3v) is 3.05. The summed E-state index contributed by atoms with van der Waals surface area (Å²) in [5.41, 5.74) is 7.95. The Labute approximate surface area is 103 Å². The second-order valence-corrected chi connectivity index (χ2v) is 4.45. The summed E-state index contributed by atoms with van der Waals surface area (Å²) >= 11 is 5.26. The molecule has 0 unspecified atom stereocenters. The molecule has 3 N–H and O–H groups in total. The van der Waals surface area contributed by atoms with Gasteiger partial charge in [0, 0.05) is 20.0 Å². The van der Waals surface area contributed by atoms with Crippen LogP contribution in [0.3, 0.4) is 0 Å². The van der Waals surface area contributed by atoms with Gasteiger partial charge in [-0.15, -0.1) is 0 Å². The fraction of sp³-hybridized carbons (Fsp3) is 0.500. The van der Waals surface area contributed by atoms with Gasteiger partial charge in [-0.2, -0.15) is 5.10 Å². The first-order valence-electron chi connectivity index (χ1n) is 5.41. The number of hydrogen-bond donors (Lipinski definition) is 2. The molecule has 17 heavy (non-hydrogen) atoms. The minimum atomic E-state index is -0.288. The maximum Gasteiger partial charge on any atom is 0.217 e. The minimum Gasteiger partial charge on any atom is -0.370 e. The Morgan fingerprint density at radius 3 is 2.94 bits per heavy atom. The predicted octanol–water partition coefficient (Wildman–Crippen LogP) is 1.01. The van der Waals surface area contributed by atoms with E-state index in [9.17, 15) is 4.79 Å². The molecule has 92 valence electrons. The molecule has 2 aromatic rings. The molecule has 0 spiro atoms. The number of carbonyl (C=O) groups excluding carboxylic acids is 1. The molecule has 0 atom stereocenters. The largest absolute Gasteiger partial charge is 0.370 e. The van der Waals surface area contributed by atoms with Crippen LogP contribution in [-0.2, 0) is 18.4 Å². The van der Waals surface area contributed by atoms with Crippen LogP contribution in [0, 0.1) is 11.7 Å². The van der Waals surface area contributed by atoms with Crippen molar-refractivity contribution in [3.63, 3.8) is 0 Å². The van der Waals surface area contributed by atoms with Gasteiger partial charge in [-0.3, -0.25) is 9.48 Å². The molecule has 7 heteroatoms. The van der Waals surface area contributed by atoms with Gasteiger partial charge >= 0.3 is 0 Å². The number of rotatable bonds is 4. The molecule has 0 aliphatic rings. The van der Waals surface area contributed by atoms with Crippen LogP contribution in [0.4, 0.5) is 0 Å². The highest BCUT2D eigenvalue weighted by molar-refractivity contribution is 7.71. The second-order valence-electron chi connectivity index (χ2n) is 4.06. The van der Waals surface area contributed by atoms with Crippen LogP contribution in [0.15, 0.2) is 0 Å². The Bertz CT molecular complexity index is 620. The van der Waals surface area contributed by atoms with Crippen molar-refractivity contribution in [1.82, 2.24) is 19.3 Å². The molecule has 2 heterocycles. The van der Waals surface area contributed by atoms with Gasteiger partial charge in [0.25, 0.3) is 0 Å². The Balaban J connectivity index is 2.36. The monoisotopic (exact) mass is 253 g/mol. The van der Waals surface area contributed by atoms with Crippen LogP contribution in [0.5, 0.6) is 0 Å². The normalized spacial score (nSPS) is 11.2. The number of H-pyrrole nitrogens is 1. The van der Waals surface area contributed by atoms with E-state index in [-0.39, 0.29) is 5.91 Å². The average molecular weight is 253 g/mol. The van der Waals surface area contributed by atoms with E-state index < -0.39 is 0 Å². The molecule has 0 aliphatic heterocycles. The summed E-state index contributed by atoms with van der Waals surface area (Å²) in [6.07, 6.45) is 1.05. The molecule has 0 aromatic carbocycles. The van der Waals surface area contributed by atoms with E-state index in [1.54, 1.807) is 4.68 Å². The van der Waals surface area contributed by atoms with Crippen LogP contribution in [-0.4, -0.2) is 25.2 Å². The lowest BCUT2D eigenvalue weighted by Gasteiger charge is -2.03. The van der Waals surface area contributed by atoms with Crippen molar-refractivity contribution in [2.24, 2.45) is 12.8 Å². The summed E-state index contributed by atoms with van der Waals surface area (Å²) < 4.78 is 4.40. The highest BCUT2D eigenvalue weighted by Crippen LogP contribution is 2.17. The van der Waals surface area contributed by atoms with Gasteiger partial charge in [-0.25, -0.2) is 0 Å². The van der Waals surface area contributed by atoms with E-state index in [4.69, 9.17) is 18.0 Å². The van der Waals surface area contributed by atoms with Crippen molar-refractivity contribution in [2.75, 3.05) is 0 Å². The number of imidazole rings is 1. The summed E-state index contributed by atoms with van der Waals surface area (Å²) in [5.74, 6) is -0.288. The average Bonchev–Trinajstić information content (AvgIpc) is 2.68. The maximum atomic E-state index is 10.7. The summed E-state index contributed by atoms with van der Waals surface area (Å²) in [7, 11) is 1.88. The molecule has 2 aromatic heterocycles. The fourth-order valence-corrected chi connectivity index (χ4v) is 2.27. The molecule has 0 bridgehead atoms.